The molecule has 3 aromatic rings. The van der Waals surface area contributed by atoms with Gasteiger partial charge in [-0.05, 0) is 82.1 Å². The van der Waals surface area contributed by atoms with Crippen molar-refractivity contribution in [2.45, 2.75) is 80.3 Å². The maximum absolute atomic E-state index is 14.0. The Bertz CT molecular complexity index is 1890. The van der Waals surface area contributed by atoms with E-state index in [0.29, 0.717) is 25.0 Å². The van der Waals surface area contributed by atoms with Gasteiger partial charge in [0.15, 0.2) is 27.3 Å². The van der Waals surface area contributed by atoms with Crippen LogP contribution < -0.4 is 16.0 Å². The van der Waals surface area contributed by atoms with Gasteiger partial charge in [-0.25, -0.2) is 26.4 Å². The van der Waals surface area contributed by atoms with Gasteiger partial charge in [-0.15, -0.1) is 0 Å². The molecule has 10 nitrogen and oxygen atoms in total. The fourth-order valence-electron chi connectivity index (χ4n) is 6.89. The van der Waals surface area contributed by atoms with E-state index in [2.05, 4.69) is 16.0 Å². The van der Waals surface area contributed by atoms with Crippen LogP contribution in [0.25, 0.3) is 0 Å². The van der Waals surface area contributed by atoms with E-state index >= 15 is 0 Å². The first kappa shape index (κ1) is 38.1. The molecule has 3 atom stereocenters. The van der Waals surface area contributed by atoms with Crippen molar-refractivity contribution < 1.29 is 45.8 Å². The summed E-state index contributed by atoms with van der Waals surface area (Å²) in [6, 6.07) is 12.7. The molecule has 51 heavy (non-hydrogen) atoms. The number of aliphatic hydroxyl groups is 1. The number of rotatable bonds is 10. The van der Waals surface area contributed by atoms with Gasteiger partial charge in [0.1, 0.15) is 11.6 Å². The van der Waals surface area contributed by atoms with Gasteiger partial charge in [-0.3, -0.25) is 9.59 Å². The second-order valence-electron chi connectivity index (χ2n) is 14.1. The molecule has 15 heteroatoms. The number of benzene rings is 3. The highest BCUT2D eigenvalue weighted by Crippen LogP contribution is 2.52. The minimum absolute atomic E-state index is 0.0513. The molecule has 2 fully saturated rings. The van der Waals surface area contributed by atoms with E-state index in [4.69, 9.17) is 16.3 Å². The van der Waals surface area contributed by atoms with Crippen LogP contribution in [0.4, 0.5) is 23.7 Å². The molecule has 5 rings (SSSR count). The molecule has 0 aromatic heterocycles. The predicted molar refractivity (Wildman–Crippen MR) is 183 cm³/mol. The van der Waals surface area contributed by atoms with Crippen LogP contribution in [0.1, 0.15) is 62.4 Å². The van der Waals surface area contributed by atoms with Crippen LogP contribution in [0.15, 0.2) is 65.6 Å². The minimum atomic E-state index is -4.17. The Hall–Kier alpha value is -4.14. The third-order valence-electron chi connectivity index (χ3n) is 9.39. The SMILES string of the molecule is CC(C)(C)OC(=O)N[C@@H](Cc1ccccc1)C(=O)NC[C@]1(O)C2CCC1C[C@@H](S(=O)(=O)c1cc(C(=O)Nc3cc(F)c(F)c(F)c3)ccc1Cl)C2. The summed E-state index contributed by atoms with van der Waals surface area (Å²) >= 11 is 6.32. The smallest absolute Gasteiger partial charge is 0.408 e. The third-order valence-corrected chi connectivity index (χ3v) is 12.0. The lowest BCUT2D eigenvalue weighted by Gasteiger charge is -2.42. The largest absolute Gasteiger partial charge is 0.444 e. The fraction of sp³-hybridized carbons (Fsp3) is 0.417. The molecule has 0 aliphatic heterocycles. The van der Waals surface area contributed by atoms with Crippen molar-refractivity contribution in [2.75, 3.05) is 11.9 Å². The van der Waals surface area contributed by atoms with Gasteiger partial charge < -0.3 is 25.8 Å². The van der Waals surface area contributed by atoms with Crippen molar-refractivity contribution in [2.24, 2.45) is 11.8 Å². The molecule has 2 bridgehead atoms. The molecule has 4 N–H and O–H groups in total. The average Bonchev–Trinajstić information content (AvgIpc) is 3.20. The van der Waals surface area contributed by atoms with Crippen molar-refractivity contribution in [1.82, 2.24) is 10.6 Å². The Morgan fingerprint density at radius 2 is 1.59 bits per heavy atom. The number of amides is 3. The summed E-state index contributed by atoms with van der Waals surface area (Å²) in [5.74, 6) is -7.19. The van der Waals surface area contributed by atoms with Crippen molar-refractivity contribution in [1.29, 1.82) is 0 Å². The predicted octanol–water partition coefficient (Wildman–Crippen LogP) is 5.96. The summed E-state index contributed by atoms with van der Waals surface area (Å²) in [4.78, 5) is 38.7. The van der Waals surface area contributed by atoms with Crippen molar-refractivity contribution in [3.8, 4) is 0 Å². The zero-order valence-electron chi connectivity index (χ0n) is 28.1. The van der Waals surface area contributed by atoms with E-state index in [0.717, 1.165) is 11.6 Å². The zero-order chi connectivity index (χ0) is 37.3. The van der Waals surface area contributed by atoms with Crippen LogP contribution >= 0.6 is 11.6 Å². The Morgan fingerprint density at radius 3 is 2.18 bits per heavy atom. The van der Waals surface area contributed by atoms with Crippen molar-refractivity contribution in [3.05, 3.63) is 94.3 Å². The Labute approximate surface area is 299 Å². The first-order valence-electron chi connectivity index (χ1n) is 16.4. The summed E-state index contributed by atoms with van der Waals surface area (Å²) in [6.07, 6.45) is 0.501. The van der Waals surface area contributed by atoms with Crippen LogP contribution in [-0.2, 0) is 25.8 Å². The molecule has 2 aliphatic rings. The molecule has 2 saturated carbocycles. The number of anilines is 1. The number of fused-ring (bicyclic) bond motifs is 2. The lowest BCUT2D eigenvalue weighted by Crippen LogP contribution is -2.57. The van der Waals surface area contributed by atoms with E-state index < -0.39 is 79.5 Å². The molecule has 0 saturated heterocycles. The second kappa shape index (κ2) is 14.8. The molecule has 0 spiro atoms. The first-order chi connectivity index (χ1) is 23.9. The van der Waals surface area contributed by atoms with E-state index in [9.17, 15) is 41.1 Å². The summed E-state index contributed by atoms with van der Waals surface area (Å²) in [7, 11) is -4.17. The first-order valence-corrected chi connectivity index (χ1v) is 18.3. The summed E-state index contributed by atoms with van der Waals surface area (Å²) < 4.78 is 74.0. The molecule has 2 unspecified atom stereocenters. The van der Waals surface area contributed by atoms with Crippen molar-refractivity contribution >= 4 is 45.0 Å². The van der Waals surface area contributed by atoms with Gasteiger partial charge in [0.2, 0.25) is 5.91 Å². The number of sulfone groups is 1. The van der Waals surface area contributed by atoms with Crippen LogP contribution in [0.3, 0.4) is 0 Å². The number of ether oxygens (including phenoxy) is 1. The average molecular weight is 750 g/mol. The number of carbonyl (C=O) groups excluding carboxylic acids is 3. The standard InChI is InChI=1S/C36H39ClF3N3O7S/c1-35(2,3)50-34(46)43-29(13-20-7-5-4-6-8-20)33(45)41-19-36(47)22-10-11-23(36)16-25(15-22)51(48,49)30-14-21(9-12-26(30)37)32(44)42-24-17-27(38)31(40)28(39)18-24/h4-9,12,14,17-18,22-23,25,29,47H,10-11,13,15-16,19H2,1-3H3,(H,41,45)(H,42,44)(H,43,46)/t22?,23?,25-,29-,36-/m0/s1. The Balaban J connectivity index is 1.28. The Morgan fingerprint density at radius 1 is 0.980 bits per heavy atom. The zero-order valence-corrected chi connectivity index (χ0v) is 29.7. The third kappa shape index (κ3) is 8.67. The molecular formula is C36H39ClF3N3O7S. The van der Waals surface area contributed by atoms with Gasteiger partial charge in [-0.1, -0.05) is 41.9 Å². The summed E-state index contributed by atoms with van der Waals surface area (Å²) in [6.45, 7) is 4.93. The highest BCUT2D eigenvalue weighted by Gasteiger charge is 2.56. The van der Waals surface area contributed by atoms with E-state index in [-0.39, 0.29) is 47.0 Å². The fourth-order valence-corrected chi connectivity index (χ4v) is 9.29. The molecule has 0 radical (unpaired) electrons. The monoisotopic (exact) mass is 749 g/mol. The van der Waals surface area contributed by atoms with Crippen LogP contribution in [0, 0.1) is 29.3 Å². The number of hydrogen-bond acceptors (Lipinski definition) is 7. The van der Waals surface area contributed by atoms with Crippen LogP contribution in [0.2, 0.25) is 5.02 Å². The normalized spacial score (nSPS) is 22.2. The van der Waals surface area contributed by atoms with Gasteiger partial charge in [0, 0.05) is 36.3 Å². The summed E-state index contributed by atoms with van der Waals surface area (Å²) in [5.41, 5.74) is -1.98. The molecule has 3 amide bonds. The minimum Gasteiger partial charge on any atom is -0.444 e. The molecule has 274 valence electrons. The van der Waals surface area contributed by atoms with Gasteiger partial charge >= 0.3 is 6.09 Å². The lowest BCUT2D eigenvalue weighted by molar-refractivity contribution is -0.126. The van der Waals surface area contributed by atoms with Crippen LogP contribution in [0.5, 0.6) is 0 Å². The molecule has 2 aliphatic carbocycles. The highest BCUT2D eigenvalue weighted by atomic mass is 35.5. The Kier molecular flexibility index (Phi) is 11.1. The van der Waals surface area contributed by atoms with E-state index in [1.807, 2.05) is 18.2 Å². The van der Waals surface area contributed by atoms with Gasteiger partial charge in [0.05, 0.1) is 20.8 Å². The quantitative estimate of drug-likeness (QED) is 0.187. The lowest BCUT2D eigenvalue weighted by atomic mass is 9.74. The number of halogens is 4. The van der Waals surface area contributed by atoms with E-state index in [1.54, 1.807) is 32.9 Å². The number of hydrogen-bond donors (Lipinski definition) is 4. The molecule has 0 heterocycles. The summed E-state index contributed by atoms with van der Waals surface area (Å²) in [5, 5.41) is 18.4. The molecular weight excluding hydrogens is 711 g/mol. The van der Waals surface area contributed by atoms with E-state index in [1.165, 1.54) is 12.1 Å². The van der Waals surface area contributed by atoms with Crippen LogP contribution in [-0.4, -0.2) is 60.5 Å². The van der Waals surface area contributed by atoms with Crippen molar-refractivity contribution in [3.63, 3.8) is 0 Å². The number of carbonyl (C=O) groups is 3. The maximum Gasteiger partial charge on any atom is 0.408 e. The number of alkyl carbamates (subject to hydrolysis) is 1. The number of nitrogens with one attached hydrogen (secondary N) is 3. The molecule has 3 aromatic carbocycles. The highest BCUT2D eigenvalue weighted by molar-refractivity contribution is 7.92. The maximum atomic E-state index is 14.0. The van der Waals surface area contributed by atoms with Gasteiger partial charge in [-0.2, -0.15) is 0 Å². The van der Waals surface area contributed by atoms with Gasteiger partial charge in [0.25, 0.3) is 5.91 Å². The second-order valence-corrected chi connectivity index (χ2v) is 16.7. The topological polar surface area (TPSA) is 151 Å².